The third-order valence-corrected chi connectivity index (χ3v) is 3.31. The summed E-state index contributed by atoms with van der Waals surface area (Å²) in [6, 6.07) is 0. The van der Waals surface area contributed by atoms with Crippen LogP contribution in [0.1, 0.15) is 42.0 Å². The number of carbonyl (C=O) groups is 1. The van der Waals surface area contributed by atoms with Gasteiger partial charge in [0.25, 0.3) is 0 Å². The van der Waals surface area contributed by atoms with E-state index in [0.717, 1.165) is 17.8 Å². The molecule has 1 atom stereocenters. The zero-order chi connectivity index (χ0) is 11.9. The molecule has 0 radical (unpaired) electrons. The molecule has 0 aliphatic heterocycles. The normalized spacial score (nSPS) is 20.0. The van der Waals surface area contributed by atoms with Gasteiger partial charge in [0.2, 0.25) is 5.95 Å². The van der Waals surface area contributed by atoms with Gasteiger partial charge in [0.05, 0.1) is 17.0 Å². The van der Waals surface area contributed by atoms with Crippen LogP contribution in [0.25, 0.3) is 0 Å². The van der Waals surface area contributed by atoms with Crippen molar-refractivity contribution in [2.45, 2.75) is 33.6 Å². The minimum Gasteiger partial charge on any atom is -0.368 e. The lowest BCUT2D eigenvalue weighted by atomic mass is 9.79. The topological polar surface area (TPSA) is 68.9 Å². The number of fused-ring (bicyclic) bond motifs is 1. The molecule has 4 heteroatoms. The van der Waals surface area contributed by atoms with Crippen LogP contribution >= 0.6 is 0 Å². The molecule has 2 rings (SSSR count). The molecular formula is C12H17N3O. The first-order chi connectivity index (χ1) is 7.49. The molecular weight excluding hydrogens is 202 g/mol. The van der Waals surface area contributed by atoms with Crippen molar-refractivity contribution in [3.05, 3.63) is 17.0 Å². The van der Waals surface area contributed by atoms with Crippen LogP contribution in [0.15, 0.2) is 0 Å². The molecule has 1 aromatic rings. The van der Waals surface area contributed by atoms with E-state index in [4.69, 9.17) is 5.73 Å². The number of hydrogen-bond donors (Lipinski definition) is 1. The maximum atomic E-state index is 12.0. The highest BCUT2D eigenvalue weighted by molar-refractivity contribution is 5.99. The Morgan fingerprint density at radius 1 is 1.31 bits per heavy atom. The molecule has 86 valence electrons. The van der Waals surface area contributed by atoms with Crippen LogP contribution in [0.5, 0.6) is 0 Å². The third-order valence-electron chi connectivity index (χ3n) is 3.31. The molecule has 2 N–H and O–H groups in total. The molecule has 1 aromatic heterocycles. The van der Waals surface area contributed by atoms with Crippen LogP contribution < -0.4 is 5.73 Å². The van der Waals surface area contributed by atoms with Crippen molar-refractivity contribution < 1.29 is 4.79 Å². The fourth-order valence-corrected chi connectivity index (χ4v) is 2.30. The van der Waals surface area contributed by atoms with Crippen molar-refractivity contribution in [3.63, 3.8) is 0 Å². The largest absolute Gasteiger partial charge is 0.368 e. The lowest BCUT2D eigenvalue weighted by Gasteiger charge is -2.26. The molecule has 4 nitrogen and oxygen atoms in total. The smallest absolute Gasteiger partial charge is 0.220 e. The van der Waals surface area contributed by atoms with Gasteiger partial charge in [-0.15, -0.1) is 0 Å². The number of carbonyl (C=O) groups excluding carboxylic acids is 1. The van der Waals surface area contributed by atoms with E-state index >= 15 is 0 Å². The Balaban J connectivity index is 2.46. The summed E-state index contributed by atoms with van der Waals surface area (Å²) in [5, 5.41) is 0. The van der Waals surface area contributed by atoms with E-state index in [-0.39, 0.29) is 11.7 Å². The average Bonchev–Trinajstić information content (AvgIpc) is 2.15. The number of aryl methyl sites for hydroxylation is 1. The van der Waals surface area contributed by atoms with Crippen molar-refractivity contribution in [1.82, 2.24) is 9.97 Å². The summed E-state index contributed by atoms with van der Waals surface area (Å²) in [4.78, 5) is 20.3. The van der Waals surface area contributed by atoms with E-state index in [1.165, 1.54) is 0 Å². The molecule has 0 aromatic carbocycles. The molecule has 0 amide bonds. The Bertz CT molecular complexity index is 440. The highest BCUT2D eigenvalue weighted by atomic mass is 16.1. The van der Waals surface area contributed by atoms with Crippen molar-refractivity contribution in [2.75, 3.05) is 5.73 Å². The van der Waals surface area contributed by atoms with E-state index in [9.17, 15) is 4.79 Å². The van der Waals surface area contributed by atoms with Crippen LogP contribution in [0.2, 0.25) is 0 Å². The summed E-state index contributed by atoms with van der Waals surface area (Å²) in [6.07, 6.45) is 1.45. The monoisotopic (exact) mass is 219 g/mol. The fraction of sp³-hybridized carbons (Fsp3) is 0.583. The molecule has 0 saturated carbocycles. The molecule has 16 heavy (non-hydrogen) atoms. The van der Waals surface area contributed by atoms with Gasteiger partial charge < -0.3 is 5.73 Å². The number of nitrogens with two attached hydrogens (primary N) is 1. The quantitative estimate of drug-likeness (QED) is 0.781. The molecule has 0 saturated heterocycles. The van der Waals surface area contributed by atoms with Crippen LogP contribution in [-0.2, 0) is 6.42 Å². The van der Waals surface area contributed by atoms with Crippen LogP contribution in [-0.4, -0.2) is 15.8 Å². The lowest BCUT2D eigenvalue weighted by Crippen LogP contribution is -2.26. The molecule has 0 spiro atoms. The fourth-order valence-electron chi connectivity index (χ4n) is 2.30. The zero-order valence-corrected chi connectivity index (χ0v) is 9.95. The molecule has 1 heterocycles. The summed E-state index contributed by atoms with van der Waals surface area (Å²) in [5.41, 5.74) is 7.87. The predicted octanol–water partition coefficient (Wildman–Crippen LogP) is 1.77. The van der Waals surface area contributed by atoms with E-state index in [2.05, 4.69) is 23.8 Å². The number of anilines is 1. The number of Topliss-reactive ketones (excluding diaryl/α,β-unsaturated/α-hetero) is 1. The molecule has 1 aliphatic rings. The van der Waals surface area contributed by atoms with Crippen molar-refractivity contribution in [2.24, 2.45) is 11.8 Å². The first-order valence-electron chi connectivity index (χ1n) is 5.65. The second-order valence-corrected chi connectivity index (χ2v) is 4.82. The maximum Gasteiger partial charge on any atom is 0.220 e. The maximum absolute atomic E-state index is 12.0. The van der Waals surface area contributed by atoms with Gasteiger partial charge in [0.15, 0.2) is 5.78 Å². The number of aromatic nitrogens is 2. The van der Waals surface area contributed by atoms with E-state index < -0.39 is 0 Å². The van der Waals surface area contributed by atoms with Crippen LogP contribution in [0.3, 0.4) is 0 Å². The van der Waals surface area contributed by atoms with E-state index in [1.807, 2.05) is 6.92 Å². The number of hydrogen-bond acceptors (Lipinski definition) is 4. The van der Waals surface area contributed by atoms with Gasteiger partial charge in [-0.25, -0.2) is 9.97 Å². The number of ketones is 1. The summed E-state index contributed by atoms with van der Waals surface area (Å²) in [6.45, 7) is 6.10. The third kappa shape index (κ3) is 1.79. The van der Waals surface area contributed by atoms with Gasteiger partial charge in [-0.3, -0.25) is 4.79 Å². The predicted molar refractivity (Wildman–Crippen MR) is 62.2 cm³/mol. The molecule has 1 unspecified atom stereocenters. The van der Waals surface area contributed by atoms with E-state index in [1.54, 1.807) is 0 Å². The standard InChI is InChI=1S/C12H17N3O/c1-6(2)8-4-9-11(10(16)5-8)7(3)14-12(13)15-9/h6,8H,4-5H2,1-3H3,(H2,13,14,15). The number of nitrogens with zero attached hydrogens (tertiary/aromatic N) is 2. The second kappa shape index (κ2) is 3.85. The zero-order valence-electron chi connectivity index (χ0n) is 9.95. The van der Waals surface area contributed by atoms with Crippen molar-refractivity contribution in [1.29, 1.82) is 0 Å². The minimum atomic E-state index is 0.164. The van der Waals surface area contributed by atoms with Crippen LogP contribution in [0.4, 0.5) is 5.95 Å². The average molecular weight is 219 g/mol. The van der Waals surface area contributed by atoms with Gasteiger partial charge >= 0.3 is 0 Å². The first kappa shape index (κ1) is 11.0. The van der Waals surface area contributed by atoms with Gasteiger partial charge in [-0.1, -0.05) is 13.8 Å². The Hall–Kier alpha value is -1.45. The molecule has 0 bridgehead atoms. The van der Waals surface area contributed by atoms with Crippen LogP contribution in [0, 0.1) is 18.8 Å². The Labute approximate surface area is 95.3 Å². The summed E-state index contributed by atoms with van der Waals surface area (Å²) in [7, 11) is 0. The minimum absolute atomic E-state index is 0.164. The number of rotatable bonds is 1. The van der Waals surface area contributed by atoms with E-state index in [0.29, 0.717) is 23.8 Å². The first-order valence-corrected chi connectivity index (χ1v) is 5.65. The Morgan fingerprint density at radius 3 is 2.62 bits per heavy atom. The Kier molecular flexibility index (Phi) is 2.66. The lowest BCUT2D eigenvalue weighted by molar-refractivity contribution is 0.0930. The molecule has 0 fully saturated rings. The second-order valence-electron chi connectivity index (χ2n) is 4.82. The number of nitrogen functional groups attached to an aromatic ring is 1. The van der Waals surface area contributed by atoms with Crippen molar-refractivity contribution in [3.8, 4) is 0 Å². The summed E-state index contributed by atoms with van der Waals surface area (Å²) < 4.78 is 0. The van der Waals surface area contributed by atoms with Gasteiger partial charge in [-0.05, 0) is 25.2 Å². The van der Waals surface area contributed by atoms with Gasteiger partial charge in [0.1, 0.15) is 0 Å². The van der Waals surface area contributed by atoms with Crippen molar-refractivity contribution >= 4 is 11.7 Å². The van der Waals surface area contributed by atoms with Gasteiger partial charge in [0, 0.05) is 6.42 Å². The molecule has 1 aliphatic carbocycles. The highest BCUT2D eigenvalue weighted by Gasteiger charge is 2.30. The Morgan fingerprint density at radius 2 is 2.00 bits per heavy atom. The van der Waals surface area contributed by atoms with Gasteiger partial charge in [-0.2, -0.15) is 0 Å². The SMILES string of the molecule is Cc1nc(N)nc2c1C(=O)CC(C(C)C)C2. The highest BCUT2D eigenvalue weighted by Crippen LogP contribution is 2.30. The summed E-state index contributed by atoms with van der Waals surface area (Å²) in [5.74, 6) is 1.31. The summed E-state index contributed by atoms with van der Waals surface area (Å²) >= 11 is 0.